The minimum absolute atomic E-state index is 0.0273. The van der Waals surface area contributed by atoms with Gasteiger partial charge in [-0.2, -0.15) is 13.7 Å². The fourth-order valence-electron chi connectivity index (χ4n) is 3.26. The highest BCUT2D eigenvalue weighted by Crippen LogP contribution is 2.35. The summed E-state index contributed by atoms with van der Waals surface area (Å²) in [5.41, 5.74) is 5.65. The Morgan fingerprint density at radius 1 is 1.31 bits per heavy atom. The maximum Gasteiger partial charge on any atom is 0.338 e. The van der Waals surface area contributed by atoms with E-state index in [1.165, 1.54) is 19.1 Å². The molecule has 2 N–H and O–H groups in total. The summed E-state index contributed by atoms with van der Waals surface area (Å²) >= 11 is 0. The van der Waals surface area contributed by atoms with E-state index < -0.39 is 28.4 Å². The van der Waals surface area contributed by atoms with Crippen LogP contribution in [0.1, 0.15) is 43.0 Å². The van der Waals surface area contributed by atoms with E-state index in [2.05, 4.69) is 4.40 Å². The van der Waals surface area contributed by atoms with Crippen molar-refractivity contribution in [3.8, 4) is 6.07 Å². The van der Waals surface area contributed by atoms with Crippen LogP contribution in [-0.2, 0) is 19.6 Å². The number of ether oxygens (including phenoxy) is 1. The van der Waals surface area contributed by atoms with E-state index in [-0.39, 0.29) is 21.7 Å². The number of hydrogen-bond acceptors (Lipinski definition) is 8. The summed E-state index contributed by atoms with van der Waals surface area (Å²) in [7, 11) is -3.94. The van der Waals surface area contributed by atoms with E-state index in [9.17, 15) is 18.0 Å². The summed E-state index contributed by atoms with van der Waals surface area (Å²) in [4.78, 5) is 26.0. The van der Waals surface area contributed by atoms with Crippen molar-refractivity contribution in [3.63, 3.8) is 0 Å². The van der Waals surface area contributed by atoms with Crippen molar-refractivity contribution in [3.05, 3.63) is 35.0 Å². The summed E-state index contributed by atoms with van der Waals surface area (Å²) in [6.07, 6.45) is 3.37. The molecule has 1 aromatic carbocycles. The molecule has 0 radical (unpaired) electrons. The van der Waals surface area contributed by atoms with Gasteiger partial charge in [-0.3, -0.25) is 4.79 Å². The number of nitriles is 1. The van der Waals surface area contributed by atoms with Gasteiger partial charge in [-0.05, 0) is 38.0 Å². The van der Waals surface area contributed by atoms with Gasteiger partial charge in [-0.25, -0.2) is 4.79 Å². The number of ketones is 1. The Balaban J connectivity index is 1.85. The number of anilines is 1. The Labute approximate surface area is 168 Å². The first-order valence-electron chi connectivity index (χ1n) is 9.07. The first-order valence-corrected chi connectivity index (χ1v) is 10.5. The molecule has 1 aromatic rings. The summed E-state index contributed by atoms with van der Waals surface area (Å²) in [6.45, 7) is 1.38. The molecule has 0 unspecified atom stereocenters. The number of fused-ring (bicyclic) bond motifs is 3. The van der Waals surface area contributed by atoms with Crippen LogP contribution in [0.4, 0.5) is 5.69 Å². The van der Waals surface area contributed by atoms with E-state index in [0.29, 0.717) is 24.5 Å². The molecule has 0 aromatic heterocycles. The van der Waals surface area contributed by atoms with E-state index >= 15 is 0 Å². The number of nitrogens with two attached hydrogens (primary N) is 1. The van der Waals surface area contributed by atoms with Crippen molar-refractivity contribution in [1.29, 1.82) is 5.26 Å². The molecule has 2 aliphatic heterocycles. The molecule has 0 spiro atoms. The average molecular weight is 416 g/mol. The molecular formula is C19H20N4O5S. The number of esters is 1. The van der Waals surface area contributed by atoms with Crippen molar-refractivity contribution < 1.29 is 22.7 Å². The quantitative estimate of drug-likeness (QED) is 0.443. The smallest absolute Gasteiger partial charge is 0.338 e. The predicted octanol–water partition coefficient (Wildman–Crippen LogP) is 1.65. The largest absolute Gasteiger partial charge is 0.454 e. The third-order valence-corrected chi connectivity index (χ3v) is 6.04. The first-order chi connectivity index (χ1) is 13.7. The standard InChI is InChI=1S/C19H20N4O5S/c1-12(21)14(10-20)16(24)11-28-19(25)13-6-7-15-17(9-13)29(26,27)22-18-5-3-2-4-8-23(15)18/h6-7,9H,2-5,8,11,21H2,1H3/b14-12+. The summed E-state index contributed by atoms with van der Waals surface area (Å²) < 4.78 is 34.1. The number of allylic oxidation sites excluding steroid dienone is 1. The van der Waals surface area contributed by atoms with Gasteiger partial charge in [0.1, 0.15) is 22.4 Å². The zero-order valence-corrected chi connectivity index (χ0v) is 16.7. The molecule has 2 heterocycles. The third kappa shape index (κ3) is 4.14. The summed E-state index contributed by atoms with van der Waals surface area (Å²) in [5.74, 6) is -1.09. The summed E-state index contributed by atoms with van der Waals surface area (Å²) in [5, 5.41) is 8.92. The van der Waals surface area contributed by atoms with Crippen LogP contribution in [0.25, 0.3) is 0 Å². The molecule has 10 heteroatoms. The van der Waals surface area contributed by atoms with Crippen LogP contribution in [0.2, 0.25) is 0 Å². The van der Waals surface area contributed by atoms with Gasteiger partial charge in [0.25, 0.3) is 10.0 Å². The Morgan fingerprint density at radius 2 is 2.07 bits per heavy atom. The van der Waals surface area contributed by atoms with Gasteiger partial charge < -0.3 is 15.4 Å². The van der Waals surface area contributed by atoms with E-state index in [1.807, 2.05) is 4.90 Å². The average Bonchev–Trinajstić information content (AvgIpc) is 2.91. The number of carbonyl (C=O) groups excluding carboxylic acids is 2. The molecule has 0 bridgehead atoms. The number of amidine groups is 1. The molecule has 29 heavy (non-hydrogen) atoms. The van der Waals surface area contributed by atoms with Gasteiger partial charge in [0, 0.05) is 18.7 Å². The highest BCUT2D eigenvalue weighted by molar-refractivity contribution is 7.90. The molecule has 3 rings (SSSR count). The molecule has 152 valence electrons. The number of sulfonamides is 1. The van der Waals surface area contributed by atoms with Crippen LogP contribution < -0.4 is 10.6 Å². The van der Waals surface area contributed by atoms with Crippen molar-refractivity contribution in [2.75, 3.05) is 18.1 Å². The minimum Gasteiger partial charge on any atom is -0.454 e. The van der Waals surface area contributed by atoms with Crippen LogP contribution in [0.3, 0.4) is 0 Å². The predicted molar refractivity (Wildman–Crippen MR) is 105 cm³/mol. The molecule has 0 saturated carbocycles. The second-order valence-corrected chi connectivity index (χ2v) is 8.37. The molecule has 9 nitrogen and oxygen atoms in total. The van der Waals surface area contributed by atoms with Crippen LogP contribution in [0, 0.1) is 11.3 Å². The van der Waals surface area contributed by atoms with Gasteiger partial charge in [0.2, 0.25) is 5.78 Å². The monoisotopic (exact) mass is 416 g/mol. The van der Waals surface area contributed by atoms with Gasteiger partial charge in [-0.15, -0.1) is 4.40 Å². The van der Waals surface area contributed by atoms with Crippen LogP contribution in [0.15, 0.2) is 38.8 Å². The molecule has 1 saturated heterocycles. The van der Waals surface area contributed by atoms with Gasteiger partial charge in [-0.1, -0.05) is 6.42 Å². The second-order valence-electron chi connectivity index (χ2n) is 6.80. The number of rotatable bonds is 4. The number of Topliss-reactive ketones (excluding diaryl/α,β-unsaturated/α-hetero) is 1. The molecule has 0 atom stereocenters. The zero-order valence-electron chi connectivity index (χ0n) is 15.8. The molecule has 0 amide bonds. The maximum atomic E-state index is 12.6. The highest BCUT2D eigenvalue weighted by atomic mass is 32.2. The lowest BCUT2D eigenvalue weighted by atomic mass is 10.1. The lowest BCUT2D eigenvalue weighted by molar-refractivity contribution is -0.118. The second kappa shape index (κ2) is 8.05. The number of carbonyl (C=O) groups is 2. The Hall–Kier alpha value is -3.19. The van der Waals surface area contributed by atoms with Crippen LogP contribution >= 0.6 is 0 Å². The van der Waals surface area contributed by atoms with Gasteiger partial charge >= 0.3 is 5.97 Å². The fourth-order valence-corrected chi connectivity index (χ4v) is 4.55. The number of nitrogens with zero attached hydrogens (tertiary/aromatic N) is 3. The molecular weight excluding hydrogens is 396 g/mol. The van der Waals surface area contributed by atoms with Crippen molar-refractivity contribution in [1.82, 2.24) is 0 Å². The Morgan fingerprint density at radius 3 is 2.76 bits per heavy atom. The van der Waals surface area contributed by atoms with Gasteiger partial charge in [0.05, 0.1) is 11.3 Å². The number of hydrogen-bond donors (Lipinski definition) is 1. The lowest BCUT2D eigenvalue weighted by Crippen LogP contribution is -2.35. The Kier molecular flexibility index (Phi) is 5.70. The van der Waals surface area contributed by atoms with Crippen molar-refractivity contribution in [2.45, 2.75) is 37.5 Å². The molecule has 1 fully saturated rings. The minimum atomic E-state index is -3.94. The zero-order chi connectivity index (χ0) is 21.2. The van der Waals surface area contributed by atoms with Crippen molar-refractivity contribution in [2.24, 2.45) is 10.1 Å². The summed E-state index contributed by atoms with van der Waals surface area (Å²) in [6, 6.07) is 5.87. The Bertz CT molecular complexity index is 1080. The SMILES string of the molecule is C/C(N)=C(/C#N)C(=O)COC(=O)c1ccc2c(c1)S(=O)(=O)N=C1CCCCCN12. The van der Waals surface area contributed by atoms with Gasteiger partial charge in [0.15, 0.2) is 6.61 Å². The number of benzene rings is 1. The highest BCUT2D eigenvalue weighted by Gasteiger charge is 2.32. The normalized spacial score (nSPS) is 18.2. The topological polar surface area (TPSA) is 143 Å². The first kappa shape index (κ1) is 20.5. The fraction of sp³-hybridized carbons (Fsp3) is 0.368. The lowest BCUT2D eigenvalue weighted by Gasteiger charge is -2.29. The van der Waals surface area contributed by atoms with E-state index in [0.717, 1.165) is 19.3 Å². The third-order valence-electron chi connectivity index (χ3n) is 4.70. The van der Waals surface area contributed by atoms with E-state index in [4.69, 9.17) is 15.7 Å². The maximum absolute atomic E-state index is 12.6. The van der Waals surface area contributed by atoms with Crippen molar-refractivity contribution >= 4 is 33.3 Å². The van der Waals surface area contributed by atoms with Crippen LogP contribution in [0.5, 0.6) is 0 Å². The molecule has 2 aliphatic rings. The molecule has 0 aliphatic carbocycles. The van der Waals surface area contributed by atoms with Crippen LogP contribution in [-0.4, -0.2) is 39.2 Å². The van der Waals surface area contributed by atoms with E-state index in [1.54, 1.807) is 12.1 Å².